The van der Waals surface area contributed by atoms with Gasteiger partial charge in [-0.1, -0.05) is 15.9 Å². The number of hydrogen-bond donors (Lipinski definition) is 1. The highest BCUT2D eigenvalue weighted by atomic mass is 79.9. The van der Waals surface area contributed by atoms with E-state index in [1.54, 1.807) is 18.2 Å². The highest BCUT2D eigenvalue weighted by Gasteiger charge is 2.68. The number of ether oxygens (including phenoxy) is 4. The molecule has 28 heavy (non-hydrogen) atoms. The molecule has 1 N–H and O–H groups in total. The first kappa shape index (κ1) is 19.0. The zero-order chi connectivity index (χ0) is 20.0. The van der Waals surface area contributed by atoms with E-state index in [2.05, 4.69) is 21.2 Å². The molecule has 8 nitrogen and oxygen atoms in total. The van der Waals surface area contributed by atoms with E-state index in [1.807, 2.05) is 0 Å². The summed E-state index contributed by atoms with van der Waals surface area (Å²) < 4.78 is 21.0. The topological polar surface area (TPSA) is 100 Å². The second-order valence-corrected chi connectivity index (χ2v) is 8.24. The van der Waals surface area contributed by atoms with Crippen LogP contribution in [0.5, 0.6) is 11.5 Å². The molecule has 0 unspecified atom stereocenters. The van der Waals surface area contributed by atoms with Crippen molar-refractivity contribution >= 4 is 39.5 Å². The number of amides is 1. The first-order valence-corrected chi connectivity index (χ1v) is 9.89. The largest absolute Gasteiger partial charge is 0.497 e. The Hall–Kier alpha value is -2.29. The highest BCUT2D eigenvalue weighted by molar-refractivity contribution is 9.09. The fraction of sp³-hybridized carbons (Fsp3) is 0.526. The van der Waals surface area contributed by atoms with Crippen molar-refractivity contribution in [3.05, 3.63) is 18.2 Å². The van der Waals surface area contributed by atoms with E-state index in [9.17, 15) is 14.4 Å². The first-order chi connectivity index (χ1) is 13.4. The lowest BCUT2D eigenvalue weighted by Crippen LogP contribution is -2.39. The van der Waals surface area contributed by atoms with Crippen LogP contribution in [-0.2, 0) is 23.9 Å². The average Bonchev–Trinajstić information content (AvgIpc) is 3.30. The molecule has 0 aromatic heterocycles. The maximum atomic E-state index is 12.6. The number of halogens is 1. The second-order valence-electron chi connectivity index (χ2n) is 7.18. The summed E-state index contributed by atoms with van der Waals surface area (Å²) in [6.45, 7) is -0.453. The molecule has 1 aliphatic heterocycles. The van der Waals surface area contributed by atoms with Gasteiger partial charge < -0.3 is 24.3 Å². The smallest absolute Gasteiger partial charge is 0.310 e. The summed E-state index contributed by atoms with van der Waals surface area (Å²) in [6.07, 6.45) is 0.597. The molecule has 3 aliphatic rings. The summed E-state index contributed by atoms with van der Waals surface area (Å²) >= 11 is 3.55. The van der Waals surface area contributed by atoms with Gasteiger partial charge in [0.15, 0.2) is 6.61 Å². The zero-order valence-electron chi connectivity index (χ0n) is 15.3. The van der Waals surface area contributed by atoms with Gasteiger partial charge in [-0.2, -0.15) is 0 Å². The summed E-state index contributed by atoms with van der Waals surface area (Å²) in [5, 5.41) is 2.65. The van der Waals surface area contributed by atoms with Crippen molar-refractivity contribution in [2.24, 2.45) is 23.7 Å². The van der Waals surface area contributed by atoms with Crippen molar-refractivity contribution in [1.82, 2.24) is 0 Å². The maximum Gasteiger partial charge on any atom is 0.310 e. The molecule has 0 radical (unpaired) electrons. The van der Waals surface area contributed by atoms with E-state index in [1.165, 1.54) is 14.2 Å². The lowest BCUT2D eigenvalue weighted by molar-refractivity contribution is -0.157. The summed E-state index contributed by atoms with van der Waals surface area (Å²) in [4.78, 5) is 36.9. The van der Waals surface area contributed by atoms with Gasteiger partial charge >= 0.3 is 11.9 Å². The molecule has 150 valence electrons. The summed E-state index contributed by atoms with van der Waals surface area (Å²) in [7, 11) is 3.00. The molecule has 1 aromatic carbocycles. The van der Waals surface area contributed by atoms with Gasteiger partial charge in [0.05, 0.1) is 36.6 Å². The van der Waals surface area contributed by atoms with Crippen LogP contribution in [0.3, 0.4) is 0 Å². The molecule has 2 saturated carbocycles. The predicted molar refractivity (Wildman–Crippen MR) is 100 cm³/mol. The third-order valence-electron chi connectivity index (χ3n) is 5.82. The molecule has 9 heteroatoms. The predicted octanol–water partition coefficient (Wildman–Crippen LogP) is 1.76. The lowest BCUT2D eigenvalue weighted by Gasteiger charge is -2.26. The molecule has 0 spiro atoms. The number of carbonyl (C=O) groups excluding carboxylic acids is 3. The van der Waals surface area contributed by atoms with E-state index in [-0.39, 0.29) is 28.7 Å². The Balaban J connectivity index is 1.38. The molecule has 2 bridgehead atoms. The lowest BCUT2D eigenvalue weighted by atomic mass is 9.80. The van der Waals surface area contributed by atoms with Gasteiger partial charge in [0.2, 0.25) is 0 Å². The van der Waals surface area contributed by atoms with Crippen LogP contribution in [-0.4, -0.2) is 49.6 Å². The van der Waals surface area contributed by atoms with Crippen molar-refractivity contribution < 1.29 is 33.3 Å². The van der Waals surface area contributed by atoms with Crippen LogP contribution in [0, 0.1) is 23.7 Å². The number of methoxy groups -OCH3 is 2. The number of rotatable bonds is 6. The molecule has 1 saturated heterocycles. The van der Waals surface area contributed by atoms with Gasteiger partial charge in [0.1, 0.15) is 17.6 Å². The van der Waals surface area contributed by atoms with Gasteiger partial charge in [-0.3, -0.25) is 14.4 Å². The number of nitrogens with one attached hydrogen (secondary N) is 1. The van der Waals surface area contributed by atoms with E-state index in [0.29, 0.717) is 17.2 Å². The van der Waals surface area contributed by atoms with Gasteiger partial charge in [0.25, 0.3) is 5.91 Å². The number of hydrogen-bond acceptors (Lipinski definition) is 7. The van der Waals surface area contributed by atoms with E-state index >= 15 is 0 Å². The molecule has 1 aromatic rings. The van der Waals surface area contributed by atoms with Gasteiger partial charge in [0, 0.05) is 12.0 Å². The number of alkyl halides is 1. The second kappa shape index (κ2) is 7.27. The number of benzene rings is 1. The fourth-order valence-corrected chi connectivity index (χ4v) is 5.67. The van der Waals surface area contributed by atoms with Crippen LogP contribution in [0.4, 0.5) is 5.69 Å². The summed E-state index contributed by atoms with van der Waals surface area (Å²) in [5.41, 5.74) is 0.408. The summed E-state index contributed by atoms with van der Waals surface area (Å²) in [6, 6.07) is 4.97. The summed E-state index contributed by atoms with van der Waals surface area (Å²) in [5.74, 6) is -1.38. The number of esters is 2. The molecular weight excluding hydrogens is 434 g/mol. The number of fused-ring (bicyclic) bond motifs is 1. The Morgan fingerprint density at radius 3 is 2.75 bits per heavy atom. The van der Waals surface area contributed by atoms with Crippen LogP contribution in [0.25, 0.3) is 0 Å². The van der Waals surface area contributed by atoms with Crippen LogP contribution < -0.4 is 14.8 Å². The van der Waals surface area contributed by atoms with Crippen molar-refractivity contribution in [3.63, 3.8) is 0 Å². The van der Waals surface area contributed by atoms with E-state index in [4.69, 9.17) is 18.9 Å². The van der Waals surface area contributed by atoms with Crippen molar-refractivity contribution in [2.75, 3.05) is 26.1 Å². The average molecular weight is 454 g/mol. The quantitative estimate of drug-likeness (QED) is 0.517. The normalized spacial score (nSPS) is 32.0. The molecule has 2 aliphatic carbocycles. The first-order valence-electron chi connectivity index (χ1n) is 8.97. The van der Waals surface area contributed by atoms with Crippen molar-refractivity contribution in [2.45, 2.75) is 17.4 Å². The molecular formula is C19H20BrNO7. The molecule has 1 heterocycles. The zero-order valence-corrected chi connectivity index (χ0v) is 16.9. The Labute approximate surface area is 170 Å². The van der Waals surface area contributed by atoms with Crippen molar-refractivity contribution in [1.29, 1.82) is 0 Å². The number of anilines is 1. The third kappa shape index (κ3) is 3.01. The van der Waals surface area contributed by atoms with Crippen LogP contribution in [0.15, 0.2) is 18.2 Å². The monoisotopic (exact) mass is 453 g/mol. The molecule has 1 amide bonds. The molecule has 3 fully saturated rings. The standard InChI is InChI=1S/C19H20BrNO7/c1-25-8-3-4-12(26-2)11(5-8)21-13(22)7-27-18(23)14-9-6-10-15(14)19(24)28-17(10)16(9)20/h3-5,9-10,14-17H,6-7H2,1-2H3,(H,21,22)/t9-,10-,14-,15-,16+,17+/m1/s1. The SMILES string of the molecule is COc1ccc(OC)c(NC(=O)COC(=O)[C@@H]2[C@H]3C[C@H]4[C@H](OC(=O)[C@H]42)[C@H]3Br)c1. The van der Waals surface area contributed by atoms with Crippen molar-refractivity contribution in [3.8, 4) is 11.5 Å². The van der Waals surface area contributed by atoms with Crippen LogP contribution in [0.1, 0.15) is 6.42 Å². The van der Waals surface area contributed by atoms with Crippen LogP contribution in [0.2, 0.25) is 0 Å². The Morgan fingerprint density at radius 1 is 1.25 bits per heavy atom. The van der Waals surface area contributed by atoms with Gasteiger partial charge in [-0.15, -0.1) is 0 Å². The minimum absolute atomic E-state index is 0.0134. The third-order valence-corrected chi connectivity index (χ3v) is 7.02. The number of carbonyl (C=O) groups is 3. The Bertz CT molecular complexity index is 829. The molecule has 6 atom stereocenters. The minimum atomic E-state index is -0.570. The van der Waals surface area contributed by atoms with E-state index in [0.717, 1.165) is 6.42 Å². The Kier molecular flexibility index (Phi) is 4.95. The molecule has 4 rings (SSSR count). The highest BCUT2D eigenvalue weighted by Crippen LogP contribution is 2.60. The van der Waals surface area contributed by atoms with E-state index < -0.39 is 30.3 Å². The minimum Gasteiger partial charge on any atom is -0.497 e. The van der Waals surface area contributed by atoms with Crippen LogP contribution >= 0.6 is 15.9 Å². The van der Waals surface area contributed by atoms with Gasteiger partial charge in [-0.05, 0) is 24.5 Å². The van der Waals surface area contributed by atoms with Gasteiger partial charge in [-0.25, -0.2) is 0 Å². The maximum absolute atomic E-state index is 12.6. The fourth-order valence-electron chi connectivity index (χ4n) is 4.63. The Morgan fingerprint density at radius 2 is 2.04 bits per heavy atom.